The first-order valence-corrected chi connectivity index (χ1v) is 9.34. The van der Waals surface area contributed by atoms with E-state index >= 15 is 0 Å². The molecule has 3 aliphatic heterocycles. The fourth-order valence-corrected chi connectivity index (χ4v) is 4.85. The Morgan fingerprint density at radius 3 is 2.36 bits per heavy atom. The van der Waals surface area contributed by atoms with E-state index in [2.05, 4.69) is 0 Å². The molecule has 5 rings (SSSR count). The lowest BCUT2D eigenvalue weighted by atomic mass is 9.84. The minimum atomic E-state index is -0.867. The Morgan fingerprint density at radius 1 is 0.964 bits per heavy atom. The second kappa shape index (κ2) is 5.94. The molecule has 2 fully saturated rings. The van der Waals surface area contributed by atoms with Gasteiger partial charge in [0.1, 0.15) is 6.04 Å². The molecule has 3 amide bonds. The molecule has 2 N–H and O–H groups in total. The second-order valence-electron chi connectivity index (χ2n) is 7.22. The van der Waals surface area contributed by atoms with Crippen LogP contribution in [0.15, 0.2) is 54.7 Å². The van der Waals surface area contributed by atoms with Gasteiger partial charge in [-0.15, -0.1) is 0 Å². The molecular weight excluding hydrogens is 378 g/mol. The number of rotatable bonds is 2. The van der Waals surface area contributed by atoms with E-state index in [-0.39, 0.29) is 5.91 Å². The molecule has 4 atom stereocenters. The summed E-state index contributed by atoms with van der Waals surface area (Å²) in [5.41, 5.74) is 8.02. The van der Waals surface area contributed by atoms with Gasteiger partial charge in [0.15, 0.2) is 0 Å². The van der Waals surface area contributed by atoms with Crippen LogP contribution in [0.3, 0.4) is 0 Å². The minimum Gasteiger partial charge on any atom is -0.368 e. The number of carbonyl (C=O) groups is 3. The molecule has 3 aliphatic rings. The Kier molecular flexibility index (Phi) is 3.61. The van der Waals surface area contributed by atoms with Crippen molar-refractivity contribution in [3.8, 4) is 0 Å². The summed E-state index contributed by atoms with van der Waals surface area (Å²) in [6.07, 6.45) is 3.66. The summed E-state index contributed by atoms with van der Waals surface area (Å²) in [5.74, 6) is -2.82. The van der Waals surface area contributed by atoms with Gasteiger partial charge in [-0.3, -0.25) is 14.4 Å². The van der Waals surface area contributed by atoms with Crippen molar-refractivity contribution in [2.75, 3.05) is 4.90 Å². The molecule has 0 bridgehead atoms. The lowest BCUT2D eigenvalue weighted by molar-refractivity contribution is -0.129. The number of anilines is 1. The topological polar surface area (TPSA) is 83.7 Å². The standard InChI is InChI=1S/C21H16ClN3O3/c22-12-5-7-13(8-6-12)25-20(27)15-16(21(25)28)18(19(23)26)24-10-9-11-3-1-2-4-14(11)17(15)24/h1-10,15-18H,(H2,23,26)/t15-,16+,17+,18+/m0/s1. The molecular formula is C21H16ClN3O3. The average molecular weight is 394 g/mol. The largest absolute Gasteiger partial charge is 0.368 e. The highest BCUT2D eigenvalue weighted by Gasteiger charge is 2.64. The zero-order valence-corrected chi connectivity index (χ0v) is 15.4. The number of benzene rings is 2. The Hall–Kier alpha value is -3.12. The fourth-order valence-electron chi connectivity index (χ4n) is 4.73. The van der Waals surface area contributed by atoms with Gasteiger partial charge in [-0.1, -0.05) is 35.9 Å². The first-order valence-electron chi connectivity index (χ1n) is 8.96. The number of nitrogens with two attached hydrogens (primary N) is 1. The first kappa shape index (κ1) is 17.0. The summed E-state index contributed by atoms with van der Waals surface area (Å²) in [6, 6.07) is 12.9. The molecule has 2 aromatic rings. The fraction of sp³-hybridized carbons (Fsp3) is 0.190. The molecule has 0 aromatic heterocycles. The van der Waals surface area contributed by atoms with Crippen molar-refractivity contribution in [2.45, 2.75) is 12.1 Å². The Labute approximate surface area is 166 Å². The smallest absolute Gasteiger partial charge is 0.240 e. The van der Waals surface area contributed by atoms with Gasteiger partial charge in [0.05, 0.1) is 23.6 Å². The highest BCUT2D eigenvalue weighted by molar-refractivity contribution is 6.31. The number of hydrogen-bond donors (Lipinski definition) is 1. The van der Waals surface area contributed by atoms with Crippen molar-refractivity contribution in [3.63, 3.8) is 0 Å². The molecule has 28 heavy (non-hydrogen) atoms. The second-order valence-corrected chi connectivity index (χ2v) is 7.66. The summed E-state index contributed by atoms with van der Waals surface area (Å²) in [6.45, 7) is 0. The highest BCUT2D eigenvalue weighted by atomic mass is 35.5. The van der Waals surface area contributed by atoms with Crippen LogP contribution in [-0.2, 0) is 14.4 Å². The molecule has 2 saturated heterocycles. The third-order valence-corrected chi connectivity index (χ3v) is 6.09. The average Bonchev–Trinajstić information content (AvgIpc) is 3.16. The van der Waals surface area contributed by atoms with Crippen molar-refractivity contribution < 1.29 is 14.4 Å². The van der Waals surface area contributed by atoms with Gasteiger partial charge in [-0.2, -0.15) is 0 Å². The molecule has 0 unspecified atom stereocenters. The van der Waals surface area contributed by atoms with E-state index in [1.54, 1.807) is 35.4 Å². The Morgan fingerprint density at radius 2 is 1.64 bits per heavy atom. The summed E-state index contributed by atoms with van der Waals surface area (Å²) < 4.78 is 0. The molecule has 3 heterocycles. The summed E-state index contributed by atoms with van der Waals surface area (Å²) in [5, 5.41) is 0.510. The number of primary amides is 1. The van der Waals surface area contributed by atoms with Crippen LogP contribution < -0.4 is 10.6 Å². The number of hydrogen-bond acceptors (Lipinski definition) is 4. The monoisotopic (exact) mass is 393 g/mol. The van der Waals surface area contributed by atoms with Crippen LogP contribution in [-0.4, -0.2) is 28.7 Å². The highest BCUT2D eigenvalue weighted by Crippen LogP contribution is 2.52. The van der Waals surface area contributed by atoms with E-state index in [1.807, 2.05) is 30.3 Å². The van der Waals surface area contributed by atoms with Crippen molar-refractivity contribution in [1.82, 2.24) is 4.90 Å². The van der Waals surface area contributed by atoms with Crippen molar-refractivity contribution >= 4 is 41.1 Å². The van der Waals surface area contributed by atoms with Gasteiger partial charge < -0.3 is 10.6 Å². The Bertz CT molecular complexity index is 1050. The minimum absolute atomic E-state index is 0.318. The zero-order valence-electron chi connectivity index (χ0n) is 14.7. The molecule has 0 radical (unpaired) electrons. The van der Waals surface area contributed by atoms with E-state index in [0.717, 1.165) is 11.1 Å². The molecule has 140 valence electrons. The third-order valence-electron chi connectivity index (χ3n) is 5.84. The van der Waals surface area contributed by atoms with Gasteiger partial charge in [-0.05, 0) is 41.5 Å². The van der Waals surface area contributed by atoms with Crippen LogP contribution in [0.4, 0.5) is 5.69 Å². The number of fused-ring (bicyclic) bond motifs is 5. The maximum atomic E-state index is 13.4. The predicted octanol–water partition coefficient (Wildman–Crippen LogP) is 2.34. The molecule has 0 aliphatic carbocycles. The summed E-state index contributed by atoms with van der Waals surface area (Å²) >= 11 is 5.94. The lowest BCUT2D eigenvalue weighted by Crippen LogP contribution is -2.46. The van der Waals surface area contributed by atoms with Gasteiger partial charge in [-0.25, -0.2) is 4.90 Å². The van der Waals surface area contributed by atoms with Gasteiger partial charge >= 0.3 is 0 Å². The Balaban J connectivity index is 1.65. The van der Waals surface area contributed by atoms with Crippen LogP contribution in [0.1, 0.15) is 17.2 Å². The number of halogens is 1. The summed E-state index contributed by atoms with van der Waals surface area (Å²) in [7, 11) is 0. The van der Waals surface area contributed by atoms with E-state index in [0.29, 0.717) is 10.7 Å². The van der Waals surface area contributed by atoms with Crippen LogP contribution >= 0.6 is 11.6 Å². The van der Waals surface area contributed by atoms with E-state index in [4.69, 9.17) is 17.3 Å². The van der Waals surface area contributed by atoms with E-state index in [9.17, 15) is 14.4 Å². The maximum absolute atomic E-state index is 13.4. The zero-order chi connectivity index (χ0) is 19.6. The molecule has 6 nitrogen and oxygen atoms in total. The van der Waals surface area contributed by atoms with Crippen LogP contribution in [0.25, 0.3) is 6.08 Å². The number of amides is 3. The predicted molar refractivity (Wildman–Crippen MR) is 104 cm³/mol. The van der Waals surface area contributed by atoms with Crippen molar-refractivity contribution in [3.05, 3.63) is 70.9 Å². The maximum Gasteiger partial charge on any atom is 0.240 e. The van der Waals surface area contributed by atoms with Crippen LogP contribution in [0.2, 0.25) is 5.02 Å². The molecule has 2 aromatic carbocycles. The van der Waals surface area contributed by atoms with Gasteiger partial charge in [0.25, 0.3) is 0 Å². The van der Waals surface area contributed by atoms with Crippen molar-refractivity contribution in [2.24, 2.45) is 17.6 Å². The van der Waals surface area contributed by atoms with Gasteiger partial charge in [0, 0.05) is 11.2 Å². The number of carbonyl (C=O) groups excluding carboxylic acids is 3. The lowest BCUT2D eigenvalue weighted by Gasteiger charge is -2.34. The van der Waals surface area contributed by atoms with Crippen LogP contribution in [0, 0.1) is 11.8 Å². The third kappa shape index (κ3) is 2.18. The normalized spacial score (nSPS) is 27.6. The van der Waals surface area contributed by atoms with Crippen molar-refractivity contribution in [1.29, 1.82) is 0 Å². The number of nitrogens with zero attached hydrogens (tertiary/aromatic N) is 2. The van der Waals surface area contributed by atoms with Gasteiger partial charge in [0.2, 0.25) is 17.7 Å². The first-order chi connectivity index (χ1) is 13.5. The quantitative estimate of drug-likeness (QED) is 0.794. The molecule has 0 spiro atoms. The van der Waals surface area contributed by atoms with E-state index in [1.165, 1.54) is 4.90 Å². The number of imide groups is 1. The summed E-state index contributed by atoms with van der Waals surface area (Å²) in [4.78, 5) is 41.9. The van der Waals surface area contributed by atoms with Crippen LogP contribution in [0.5, 0.6) is 0 Å². The molecule has 7 heteroatoms. The molecule has 0 saturated carbocycles. The van der Waals surface area contributed by atoms with E-state index < -0.39 is 35.7 Å². The SMILES string of the molecule is NC(=O)[C@H]1[C@@H]2C(=O)N(c3ccc(Cl)cc3)C(=O)[C@@H]2[C@H]2c3ccccc3C=CN21.